The number of carbonyl (C=O) groups is 1. The summed E-state index contributed by atoms with van der Waals surface area (Å²) in [7, 11) is 0. The number of aromatic nitrogens is 1. The standard InChI is InChI=1S/C32H29F6N3O2S/c1-20-18-22(4-11-27(20)42)28(43)12-13-29-26(39-30(44-29)21-2-5-23(6-3-21)31(33,34)35)19-40-14-16-41(17-15-40)25-9-7-24(8-10-25)32(36,37)38/h2-11,18,42H,12-17,19H2,1H3. The summed E-state index contributed by atoms with van der Waals surface area (Å²) in [6, 6.07) is 14.6. The number of piperazine rings is 1. The first-order valence-electron chi connectivity index (χ1n) is 13.9. The van der Waals surface area contributed by atoms with Crippen LogP contribution in [-0.2, 0) is 25.3 Å². The van der Waals surface area contributed by atoms with Crippen molar-refractivity contribution < 1.29 is 36.2 Å². The highest BCUT2D eigenvalue weighted by atomic mass is 32.1. The molecule has 1 aromatic heterocycles. The van der Waals surface area contributed by atoms with Gasteiger partial charge in [0.25, 0.3) is 0 Å². The number of aromatic hydroxyl groups is 1. The summed E-state index contributed by atoms with van der Waals surface area (Å²) in [5.74, 6) is -0.000387. The zero-order valence-corrected chi connectivity index (χ0v) is 24.5. The normalized spacial score (nSPS) is 14.7. The lowest BCUT2D eigenvalue weighted by atomic mass is 10.0. The molecule has 0 bridgehead atoms. The number of phenols is 1. The van der Waals surface area contributed by atoms with Crippen molar-refractivity contribution in [1.82, 2.24) is 9.88 Å². The van der Waals surface area contributed by atoms with Gasteiger partial charge in [-0.25, -0.2) is 4.98 Å². The Kier molecular flexibility index (Phi) is 9.03. The van der Waals surface area contributed by atoms with Gasteiger partial charge in [-0.3, -0.25) is 9.69 Å². The van der Waals surface area contributed by atoms with Crippen molar-refractivity contribution in [2.75, 3.05) is 31.1 Å². The van der Waals surface area contributed by atoms with E-state index in [9.17, 15) is 36.2 Å². The van der Waals surface area contributed by atoms with Crippen molar-refractivity contribution in [2.45, 2.75) is 38.7 Å². The lowest BCUT2D eigenvalue weighted by Gasteiger charge is -2.36. The van der Waals surface area contributed by atoms with Crippen LogP contribution >= 0.6 is 11.3 Å². The van der Waals surface area contributed by atoms with Crippen LogP contribution in [0.2, 0.25) is 0 Å². The Bertz CT molecular complexity index is 1610. The van der Waals surface area contributed by atoms with E-state index >= 15 is 0 Å². The van der Waals surface area contributed by atoms with Gasteiger partial charge >= 0.3 is 12.4 Å². The maximum absolute atomic E-state index is 13.1. The molecule has 3 aromatic carbocycles. The molecule has 0 radical (unpaired) electrons. The summed E-state index contributed by atoms with van der Waals surface area (Å²) >= 11 is 1.34. The van der Waals surface area contributed by atoms with Crippen molar-refractivity contribution in [3.63, 3.8) is 0 Å². The zero-order valence-electron chi connectivity index (χ0n) is 23.7. The number of benzene rings is 3. The van der Waals surface area contributed by atoms with E-state index in [2.05, 4.69) is 4.90 Å². The molecule has 5 rings (SSSR count). The number of aryl methyl sites for hydroxylation is 2. The van der Waals surface area contributed by atoms with E-state index in [1.165, 1.54) is 41.7 Å². The highest BCUT2D eigenvalue weighted by Crippen LogP contribution is 2.35. The van der Waals surface area contributed by atoms with Gasteiger partial charge in [-0.1, -0.05) is 12.1 Å². The molecule has 0 spiro atoms. The van der Waals surface area contributed by atoms with E-state index in [-0.39, 0.29) is 18.0 Å². The highest BCUT2D eigenvalue weighted by Gasteiger charge is 2.31. The van der Waals surface area contributed by atoms with Crippen LogP contribution in [0.1, 0.15) is 44.0 Å². The van der Waals surface area contributed by atoms with E-state index in [4.69, 9.17) is 4.98 Å². The van der Waals surface area contributed by atoms with Gasteiger partial charge in [-0.2, -0.15) is 26.3 Å². The highest BCUT2D eigenvalue weighted by molar-refractivity contribution is 7.15. The van der Waals surface area contributed by atoms with Crippen LogP contribution < -0.4 is 4.90 Å². The first-order valence-corrected chi connectivity index (χ1v) is 14.7. The number of phenolic OH excluding ortho intramolecular Hbond substituents is 1. The van der Waals surface area contributed by atoms with Crippen LogP contribution in [0.15, 0.2) is 66.7 Å². The molecular weight excluding hydrogens is 604 g/mol. The number of nitrogens with zero attached hydrogens (tertiary/aromatic N) is 3. The lowest BCUT2D eigenvalue weighted by Crippen LogP contribution is -2.46. The number of carbonyl (C=O) groups excluding carboxylic acids is 1. The largest absolute Gasteiger partial charge is 0.508 e. The average Bonchev–Trinajstić information content (AvgIpc) is 3.39. The van der Waals surface area contributed by atoms with Gasteiger partial charge in [-0.15, -0.1) is 11.3 Å². The Morgan fingerprint density at radius 1 is 0.864 bits per heavy atom. The first-order chi connectivity index (χ1) is 20.8. The molecule has 0 saturated carbocycles. The van der Waals surface area contributed by atoms with Gasteiger partial charge in [-0.05, 0) is 73.5 Å². The molecule has 1 N–H and O–H groups in total. The summed E-state index contributed by atoms with van der Waals surface area (Å²) in [5, 5.41) is 10.3. The third-order valence-corrected chi connectivity index (χ3v) is 8.85. The van der Waals surface area contributed by atoms with E-state index in [0.717, 1.165) is 34.8 Å². The van der Waals surface area contributed by atoms with Crippen molar-refractivity contribution in [3.8, 4) is 16.3 Å². The molecule has 0 unspecified atom stereocenters. The fourth-order valence-electron chi connectivity index (χ4n) is 5.06. The Morgan fingerprint density at radius 3 is 2.02 bits per heavy atom. The number of rotatable bonds is 8. The summed E-state index contributed by atoms with van der Waals surface area (Å²) < 4.78 is 78.1. The molecule has 232 valence electrons. The number of halogens is 6. The molecule has 1 aliphatic rings. The fraction of sp³-hybridized carbons (Fsp3) is 0.312. The van der Waals surface area contributed by atoms with Crippen molar-refractivity contribution in [2.24, 2.45) is 0 Å². The van der Waals surface area contributed by atoms with Crippen LogP contribution in [0.5, 0.6) is 5.75 Å². The fourth-order valence-corrected chi connectivity index (χ4v) is 6.14. The molecule has 1 aliphatic heterocycles. The van der Waals surface area contributed by atoms with Crippen molar-refractivity contribution in [1.29, 1.82) is 0 Å². The molecule has 4 aromatic rings. The average molecular weight is 634 g/mol. The number of ketones is 1. The molecule has 12 heteroatoms. The third kappa shape index (κ3) is 7.41. The number of anilines is 1. The van der Waals surface area contributed by atoms with Crippen molar-refractivity contribution in [3.05, 3.63) is 99.6 Å². The summed E-state index contributed by atoms with van der Waals surface area (Å²) in [4.78, 5) is 22.8. The maximum Gasteiger partial charge on any atom is 0.416 e. The summed E-state index contributed by atoms with van der Waals surface area (Å²) in [5.41, 5.74) is 1.62. The van der Waals surface area contributed by atoms with E-state index < -0.39 is 23.5 Å². The van der Waals surface area contributed by atoms with Gasteiger partial charge in [0.2, 0.25) is 0 Å². The third-order valence-electron chi connectivity index (χ3n) is 7.64. The Balaban J connectivity index is 1.31. The van der Waals surface area contributed by atoms with Gasteiger partial charge in [0, 0.05) is 60.8 Å². The number of hydrogen-bond acceptors (Lipinski definition) is 6. The summed E-state index contributed by atoms with van der Waals surface area (Å²) in [6.45, 7) is 4.60. The molecule has 0 amide bonds. The monoisotopic (exact) mass is 633 g/mol. The smallest absolute Gasteiger partial charge is 0.416 e. The number of thiazole rings is 1. The molecule has 1 fully saturated rings. The minimum Gasteiger partial charge on any atom is -0.508 e. The van der Waals surface area contributed by atoms with Crippen LogP contribution in [0.3, 0.4) is 0 Å². The molecule has 5 nitrogen and oxygen atoms in total. The van der Waals surface area contributed by atoms with E-state index in [1.807, 2.05) is 4.90 Å². The minimum absolute atomic E-state index is 0.103. The maximum atomic E-state index is 13.1. The van der Waals surface area contributed by atoms with Crippen LogP contribution in [0.25, 0.3) is 10.6 Å². The van der Waals surface area contributed by atoms with E-state index in [1.54, 1.807) is 19.1 Å². The summed E-state index contributed by atoms with van der Waals surface area (Å²) in [6.07, 6.45) is -8.27. The van der Waals surface area contributed by atoms with Gasteiger partial charge in [0.05, 0.1) is 16.8 Å². The number of Topliss-reactive ketones (excluding diaryl/α,β-unsaturated/α-hetero) is 1. The second-order valence-electron chi connectivity index (χ2n) is 10.7. The Morgan fingerprint density at radius 2 is 1.45 bits per heavy atom. The Labute approximate surface area is 254 Å². The Hall–Kier alpha value is -3.90. The molecule has 0 atom stereocenters. The quantitative estimate of drug-likeness (QED) is 0.158. The molecule has 0 aliphatic carbocycles. The van der Waals surface area contributed by atoms with Gasteiger partial charge < -0.3 is 10.0 Å². The predicted molar refractivity (Wildman–Crippen MR) is 157 cm³/mol. The second-order valence-corrected chi connectivity index (χ2v) is 11.8. The number of alkyl halides is 6. The lowest BCUT2D eigenvalue weighted by molar-refractivity contribution is -0.138. The van der Waals surface area contributed by atoms with Gasteiger partial charge in [0.15, 0.2) is 5.78 Å². The molecule has 2 heterocycles. The second kappa shape index (κ2) is 12.6. The topological polar surface area (TPSA) is 56.7 Å². The zero-order chi connectivity index (χ0) is 31.6. The van der Waals surface area contributed by atoms with Crippen LogP contribution in [-0.4, -0.2) is 47.0 Å². The van der Waals surface area contributed by atoms with E-state index in [0.29, 0.717) is 66.5 Å². The first kappa shape index (κ1) is 31.5. The molecule has 1 saturated heterocycles. The van der Waals surface area contributed by atoms with Crippen LogP contribution in [0.4, 0.5) is 32.0 Å². The van der Waals surface area contributed by atoms with Gasteiger partial charge in [0.1, 0.15) is 10.8 Å². The molecule has 44 heavy (non-hydrogen) atoms. The van der Waals surface area contributed by atoms with Crippen molar-refractivity contribution >= 4 is 22.8 Å². The molecular formula is C32H29F6N3O2S. The SMILES string of the molecule is Cc1cc(C(=O)CCc2sc(-c3ccc(C(F)(F)F)cc3)nc2CN2CCN(c3ccc(C(F)(F)F)cc3)CC2)ccc1O. The minimum atomic E-state index is -4.45. The number of hydrogen-bond donors (Lipinski definition) is 1. The van der Waals surface area contributed by atoms with Crippen LogP contribution in [0, 0.1) is 6.92 Å². The predicted octanol–water partition coefficient (Wildman–Crippen LogP) is 8.00.